The Morgan fingerprint density at radius 2 is 1.58 bits per heavy atom. The fraction of sp³-hybridized carbons (Fsp3) is 0.188. The Bertz CT molecular complexity index is 854. The Labute approximate surface area is 176 Å². The molecule has 0 radical (unpaired) electrons. The number of halogens is 6. The van der Waals surface area contributed by atoms with Crippen LogP contribution >= 0.6 is 75.3 Å². The maximum Gasteiger partial charge on any atom is 0.341 e. The highest BCUT2D eigenvalue weighted by Crippen LogP contribution is 2.54. The zero-order chi connectivity index (χ0) is 17.8. The van der Waals surface area contributed by atoms with Crippen LogP contribution in [0.4, 0.5) is 4.39 Å². The fourth-order valence-corrected chi connectivity index (χ4v) is 5.68. The Balaban J connectivity index is 2.42. The van der Waals surface area contributed by atoms with Gasteiger partial charge in [-0.15, -0.1) is 11.6 Å². The maximum absolute atomic E-state index is 13.4. The second-order valence-electron chi connectivity index (χ2n) is 5.25. The SMILES string of the molecule is CC(Cl)C1(c2ccc(F)cc2)OC(=O)c2c(Br)c(Br)c(Br)c(Br)c21. The van der Waals surface area contributed by atoms with E-state index in [1.165, 1.54) is 12.1 Å². The molecule has 3 rings (SSSR count). The van der Waals surface area contributed by atoms with Crippen LogP contribution in [0.2, 0.25) is 0 Å². The van der Waals surface area contributed by atoms with Crippen LogP contribution in [-0.4, -0.2) is 11.3 Å². The first kappa shape index (κ1) is 18.8. The summed E-state index contributed by atoms with van der Waals surface area (Å²) in [6.45, 7) is 1.74. The number of hydrogen-bond donors (Lipinski definition) is 0. The number of ether oxygens (including phenoxy) is 1. The van der Waals surface area contributed by atoms with Gasteiger partial charge in [0.25, 0.3) is 0 Å². The van der Waals surface area contributed by atoms with E-state index in [0.717, 1.165) is 4.47 Å². The van der Waals surface area contributed by atoms with Gasteiger partial charge >= 0.3 is 5.97 Å². The molecule has 24 heavy (non-hydrogen) atoms. The van der Waals surface area contributed by atoms with E-state index in [2.05, 4.69) is 63.7 Å². The monoisotopic (exact) mass is 602 g/mol. The molecule has 0 amide bonds. The summed E-state index contributed by atoms with van der Waals surface area (Å²) in [5, 5.41) is -0.593. The lowest BCUT2D eigenvalue weighted by molar-refractivity contribution is 0.0104. The van der Waals surface area contributed by atoms with Crippen LogP contribution in [0.5, 0.6) is 0 Å². The molecule has 0 bridgehead atoms. The minimum absolute atomic E-state index is 0.377. The molecule has 0 saturated carbocycles. The highest BCUT2D eigenvalue weighted by molar-refractivity contribution is 9.15. The Morgan fingerprint density at radius 3 is 2.12 bits per heavy atom. The molecular weight excluding hydrogens is 598 g/mol. The lowest BCUT2D eigenvalue weighted by Crippen LogP contribution is -2.36. The second-order valence-corrected chi connectivity index (χ2v) is 9.08. The summed E-state index contributed by atoms with van der Waals surface area (Å²) >= 11 is 20.4. The fourth-order valence-electron chi connectivity index (χ4n) is 2.83. The van der Waals surface area contributed by atoms with E-state index in [9.17, 15) is 9.18 Å². The summed E-state index contributed by atoms with van der Waals surface area (Å²) in [6, 6.07) is 5.79. The molecular formula is C16H8Br4ClFO2. The van der Waals surface area contributed by atoms with Gasteiger partial charge in [-0.2, -0.15) is 0 Å². The molecule has 2 atom stereocenters. The quantitative estimate of drug-likeness (QED) is 0.161. The molecule has 0 aromatic heterocycles. The summed E-state index contributed by atoms with van der Waals surface area (Å²) in [7, 11) is 0. The van der Waals surface area contributed by atoms with Gasteiger partial charge in [-0.1, -0.05) is 12.1 Å². The predicted octanol–water partition coefficient (Wildman–Crippen LogP) is 6.92. The number of carbonyl (C=O) groups is 1. The minimum atomic E-state index is -1.23. The highest BCUT2D eigenvalue weighted by Gasteiger charge is 2.53. The standard InChI is InChI=1S/C16H8Br4ClFO2/c1-6(21)16(7-2-4-8(22)5-3-7)10-9(15(23)24-16)11(17)13(19)14(20)12(10)18/h2-6H,1H3. The number of rotatable bonds is 2. The smallest absolute Gasteiger partial charge is 0.341 e. The molecule has 0 aliphatic carbocycles. The third-order valence-electron chi connectivity index (χ3n) is 3.93. The number of esters is 1. The number of hydrogen-bond acceptors (Lipinski definition) is 2. The lowest BCUT2D eigenvalue weighted by atomic mass is 9.83. The Kier molecular flexibility index (Phi) is 5.22. The Hall–Kier alpha value is 0.0500. The third kappa shape index (κ3) is 2.62. The van der Waals surface area contributed by atoms with E-state index in [-0.39, 0.29) is 5.82 Å². The van der Waals surface area contributed by atoms with Crippen LogP contribution in [-0.2, 0) is 10.3 Å². The molecule has 0 N–H and O–H groups in total. The minimum Gasteiger partial charge on any atom is -0.444 e. The van der Waals surface area contributed by atoms with E-state index in [1.807, 2.05) is 0 Å². The van der Waals surface area contributed by atoms with Crippen molar-refractivity contribution in [2.24, 2.45) is 0 Å². The molecule has 1 aliphatic heterocycles. The van der Waals surface area contributed by atoms with Gasteiger partial charge in [0.05, 0.1) is 10.9 Å². The summed E-state index contributed by atoms with van der Waals surface area (Å²) in [4.78, 5) is 12.6. The van der Waals surface area contributed by atoms with Crippen molar-refractivity contribution in [3.8, 4) is 0 Å². The van der Waals surface area contributed by atoms with Crippen molar-refractivity contribution in [1.29, 1.82) is 0 Å². The number of carbonyl (C=O) groups excluding carboxylic acids is 1. The second kappa shape index (κ2) is 6.65. The van der Waals surface area contributed by atoms with Gasteiger partial charge in [-0.25, -0.2) is 9.18 Å². The van der Waals surface area contributed by atoms with E-state index >= 15 is 0 Å². The number of benzene rings is 2. The van der Waals surface area contributed by atoms with Crippen LogP contribution in [0.1, 0.15) is 28.4 Å². The van der Waals surface area contributed by atoms with Gasteiger partial charge in [0.2, 0.25) is 0 Å². The molecule has 0 fully saturated rings. The Morgan fingerprint density at radius 1 is 1.04 bits per heavy atom. The first-order chi connectivity index (χ1) is 11.2. The number of fused-ring (bicyclic) bond motifs is 1. The molecule has 1 aliphatic rings. The molecule has 2 nitrogen and oxygen atoms in total. The molecule has 2 unspecified atom stereocenters. The van der Waals surface area contributed by atoms with Gasteiger partial charge in [-0.05, 0) is 82.8 Å². The summed E-state index contributed by atoms with van der Waals surface area (Å²) in [6.07, 6.45) is 0. The zero-order valence-corrected chi connectivity index (χ0v) is 19.1. The van der Waals surface area contributed by atoms with Gasteiger partial charge < -0.3 is 4.74 Å². The van der Waals surface area contributed by atoms with Crippen molar-refractivity contribution >= 4 is 81.3 Å². The normalized spacial score (nSPS) is 20.7. The topological polar surface area (TPSA) is 26.3 Å². The zero-order valence-electron chi connectivity index (χ0n) is 12.0. The third-order valence-corrected chi connectivity index (χ3v) is 9.01. The van der Waals surface area contributed by atoms with E-state index in [1.54, 1.807) is 19.1 Å². The first-order valence-corrected chi connectivity index (χ1v) is 10.3. The maximum atomic E-state index is 13.4. The average molecular weight is 606 g/mol. The molecule has 1 heterocycles. The van der Waals surface area contributed by atoms with Gasteiger partial charge in [0, 0.05) is 29.0 Å². The molecule has 0 saturated heterocycles. The van der Waals surface area contributed by atoms with Gasteiger partial charge in [0.1, 0.15) is 5.82 Å². The van der Waals surface area contributed by atoms with E-state index in [0.29, 0.717) is 30.1 Å². The number of cyclic esters (lactones) is 1. The van der Waals surface area contributed by atoms with Gasteiger partial charge in [-0.3, -0.25) is 0 Å². The van der Waals surface area contributed by atoms with Crippen molar-refractivity contribution in [3.05, 3.63) is 64.7 Å². The highest BCUT2D eigenvalue weighted by atomic mass is 79.9. The van der Waals surface area contributed by atoms with Crippen LogP contribution < -0.4 is 0 Å². The average Bonchev–Trinajstić information content (AvgIpc) is 2.86. The largest absolute Gasteiger partial charge is 0.444 e. The number of alkyl halides is 1. The van der Waals surface area contributed by atoms with E-state index in [4.69, 9.17) is 16.3 Å². The van der Waals surface area contributed by atoms with Crippen LogP contribution in [0.15, 0.2) is 42.2 Å². The molecule has 126 valence electrons. The molecule has 2 aromatic carbocycles. The molecule has 2 aromatic rings. The molecule has 8 heteroatoms. The summed E-state index contributed by atoms with van der Waals surface area (Å²) in [5.74, 6) is -0.875. The first-order valence-electron chi connectivity index (χ1n) is 6.71. The van der Waals surface area contributed by atoms with Crippen molar-refractivity contribution < 1.29 is 13.9 Å². The van der Waals surface area contributed by atoms with Crippen LogP contribution in [0, 0.1) is 5.82 Å². The van der Waals surface area contributed by atoms with Crippen molar-refractivity contribution in [3.63, 3.8) is 0 Å². The van der Waals surface area contributed by atoms with Crippen molar-refractivity contribution in [1.82, 2.24) is 0 Å². The molecule has 0 spiro atoms. The van der Waals surface area contributed by atoms with Crippen LogP contribution in [0.25, 0.3) is 0 Å². The van der Waals surface area contributed by atoms with Crippen molar-refractivity contribution in [2.45, 2.75) is 17.9 Å². The summed E-state index contributed by atoms with van der Waals surface area (Å²) in [5.41, 5.74) is 0.351. The van der Waals surface area contributed by atoms with Crippen molar-refractivity contribution in [2.75, 3.05) is 0 Å². The van der Waals surface area contributed by atoms with E-state index < -0.39 is 16.9 Å². The lowest BCUT2D eigenvalue weighted by Gasteiger charge is -2.33. The predicted molar refractivity (Wildman–Crippen MR) is 105 cm³/mol. The summed E-state index contributed by atoms with van der Waals surface area (Å²) < 4.78 is 21.8. The van der Waals surface area contributed by atoms with Crippen LogP contribution in [0.3, 0.4) is 0 Å². The van der Waals surface area contributed by atoms with Gasteiger partial charge in [0.15, 0.2) is 5.60 Å².